The van der Waals surface area contributed by atoms with Gasteiger partial charge >= 0.3 is 0 Å². The Balaban J connectivity index is 2.30. The molecule has 98 valence electrons. The first-order chi connectivity index (χ1) is 8.13. The van der Waals surface area contributed by atoms with E-state index in [1.165, 1.54) is 19.4 Å². The van der Waals surface area contributed by atoms with Gasteiger partial charge in [-0.25, -0.2) is 0 Å². The molecule has 1 saturated carbocycles. The van der Waals surface area contributed by atoms with E-state index >= 15 is 0 Å². The molecule has 1 N–H and O–H groups in total. The zero-order chi connectivity index (χ0) is 12.7. The van der Waals surface area contributed by atoms with E-state index in [0.717, 1.165) is 38.4 Å². The van der Waals surface area contributed by atoms with Gasteiger partial charge in [0.2, 0.25) is 0 Å². The van der Waals surface area contributed by atoms with Crippen LogP contribution in [0.5, 0.6) is 0 Å². The van der Waals surface area contributed by atoms with Crippen LogP contribution in [0.1, 0.15) is 46.5 Å². The fourth-order valence-corrected chi connectivity index (χ4v) is 2.01. The number of hydrogen-bond acceptors (Lipinski definition) is 3. The van der Waals surface area contributed by atoms with Crippen molar-refractivity contribution >= 4 is 0 Å². The van der Waals surface area contributed by atoms with Crippen LogP contribution >= 0.6 is 0 Å². The number of nitriles is 1. The molecule has 3 nitrogen and oxygen atoms in total. The lowest BCUT2D eigenvalue weighted by Gasteiger charge is -2.27. The lowest BCUT2D eigenvalue weighted by Crippen LogP contribution is -2.44. The molecule has 1 unspecified atom stereocenters. The first-order valence-electron chi connectivity index (χ1n) is 7.02. The van der Waals surface area contributed by atoms with Gasteiger partial charge in [-0.3, -0.25) is 5.32 Å². The summed E-state index contributed by atoms with van der Waals surface area (Å²) in [4.78, 5) is 2.49. The third-order valence-electron chi connectivity index (χ3n) is 3.60. The largest absolute Gasteiger partial charge is 0.303 e. The highest BCUT2D eigenvalue weighted by Gasteiger charge is 2.26. The summed E-state index contributed by atoms with van der Waals surface area (Å²) in [6, 6.07) is 2.42. The van der Waals surface area contributed by atoms with Gasteiger partial charge in [0.1, 0.15) is 5.54 Å². The molecule has 0 radical (unpaired) electrons. The molecule has 0 aromatic heterocycles. The average Bonchev–Trinajstić information content (AvgIpc) is 3.15. The Bertz CT molecular complexity index is 255. The predicted octanol–water partition coefficient (Wildman–Crippen LogP) is 2.39. The number of nitrogens with one attached hydrogen (secondary N) is 1. The van der Waals surface area contributed by atoms with E-state index in [0.29, 0.717) is 0 Å². The summed E-state index contributed by atoms with van der Waals surface area (Å²) in [5, 5.41) is 12.6. The van der Waals surface area contributed by atoms with Crippen molar-refractivity contribution in [1.29, 1.82) is 5.26 Å². The van der Waals surface area contributed by atoms with Crippen LogP contribution in [0.15, 0.2) is 0 Å². The minimum Gasteiger partial charge on any atom is -0.303 e. The van der Waals surface area contributed by atoms with E-state index in [2.05, 4.69) is 30.1 Å². The second-order valence-electron chi connectivity index (χ2n) is 5.46. The summed E-state index contributed by atoms with van der Waals surface area (Å²) in [6.45, 7) is 10.7. The van der Waals surface area contributed by atoms with Gasteiger partial charge in [-0.15, -0.1) is 0 Å². The molecule has 1 fully saturated rings. The van der Waals surface area contributed by atoms with Crippen molar-refractivity contribution in [2.24, 2.45) is 5.92 Å². The average molecular weight is 237 g/mol. The number of hydrogen-bond donors (Lipinski definition) is 1. The normalized spacial score (nSPS) is 19.0. The van der Waals surface area contributed by atoms with E-state index < -0.39 is 0 Å². The van der Waals surface area contributed by atoms with Crippen LogP contribution in [0.4, 0.5) is 0 Å². The number of nitrogens with zero attached hydrogens (tertiary/aromatic N) is 2. The molecule has 0 aliphatic heterocycles. The van der Waals surface area contributed by atoms with Crippen molar-refractivity contribution < 1.29 is 0 Å². The Labute approximate surface area is 106 Å². The number of rotatable bonds is 9. The van der Waals surface area contributed by atoms with Gasteiger partial charge in [0, 0.05) is 13.1 Å². The SMILES string of the molecule is CCCNC(C)(C#N)CCN(CC)CC1CC1. The molecule has 0 saturated heterocycles. The molecule has 0 aromatic carbocycles. The maximum atomic E-state index is 9.26. The molecule has 3 heteroatoms. The van der Waals surface area contributed by atoms with Crippen LogP contribution in [0.25, 0.3) is 0 Å². The Morgan fingerprint density at radius 3 is 2.59 bits per heavy atom. The molecule has 1 rings (SSSR count). The summed E-state index contributed by atoms with van der Waals surface area (Å²) >= 11 is 0. The minimum absolute atomic E-state index is 0.354. The quantitative estimate of drug-likeness (QED) is 0.669. The lowest BCUT2D eigenvalue weighted by molar-refractivity contribution is 0.246. The second kappa shape index (κ2) is 6.98. The second-order valence-corrected chi connectivity index (χ2v) is 5.46. The molecular formula is C14H27N3. The van der Waals surface area contributed by atoms with Crippen LogP contribution in [0.2, 0.25) is 0 Å². The van der Waals surface area contributed by atoms with Crippen LogP contribution in [-0.4, -0.2) is 36.6 Å². The summed E-state index contributed by atoms with van der Waals surface area (Å²) in [5.74, 6) is 0.937. The van der Waals surface area contributed by atoms with E-state index in [1.54, 1.807) is 0 Å². The summed E-state index contributed by atoms with van der Waals surface area (Å²) in [7, 11) is 0. The van der Waals surface area contributed by atoms with Crippen molar-refractivity contribution in [3.05, 3.63) is 0 Å². The van der Waals surface area contributed by atoms with Gasteiger partial charge in [0.05, 0.1) is 6.07 Å². The summed E-state index contributed by atoms with van der Waals surface area (Å²) in [5.41, 5.74) is -0.354. The molecule has 0 spiro atoms. The smallest absolute Gasteiger partial charge is 0.105 e. The highest BCUT2D eigenvalue weighted by atomic mass is 15.1. The zero-order valence-electron chi connectivity index (χ0n) is 11.6. The third kappa shape index (κ3) is 5.52. The monoisotopic (exact) mass is 237 g/mol. The van der Waals surface area contributed by atoms with Gasteiger partial charge in [0.15, 0.2) is 0 Å². The summed E-state index contributed by atoms with van der Waals surface area (Å²) < 4.78 is 0. The van der Waals surface area contributed by atoms with Crippen molar-refractivity contribution in [3.8, 4) is 6.07 Å². The van der Waals surface area contributed by atoms with Gasteiger partial charge in [0.25, 0.3) is 0 Å². The first-order valence-corrected chi connectivity index (χ1v) is 7.02. The molecule has 1 aliphatic rings. The zero-order valence-corrected chi connectivity index (χ0v) is 11.6. The summed E-state index contributed by atoms with van der Waals surface area (Å²) in [6.07, 6.45) is 4.81. The first kappa shape index (κ1) is 14.5. The van der Waals surface area contributed by atoms with Crippen molar-refractivity contribution in [2.45, 2.75) is 52.0 Å². The van der Waals surface area contributed by atoms with Gasteiger partial charge in [-0.2, -0.15) is 5.26 Å². The molecule has 0 bridgehead atoms. The fraction of sp³-hybridized carbons (Fsp3) is 0.929. The molecular weight excluding hydrogens is 210 g/mol. The van der Waals surface area contributed by atoms with Crippen molar-refractivity contribution in [2.75, 3.05) is 26.2 Å². The Morgan fingerprint density at radius 2 is 2.12 bits per heavy atom. The highest BCUT2D eigenvalue weighted by Crippen LogP contribution is 2.29. The standard InChI is InChI=1S/C14H27N3/c1-4-9-16-14(3,12-15)8-10-17(5-2)11-13-6-7-13/h13,16H,4-11H2,1-3H3. The Morgan fingerprint density at radius 1 is 1.41 bits per heavy atom. The Hall–Kier alpha value is -0.590. The topological polar surface area (TPSA) is 39.1 Å². The highest BCUT2D eigenvalue weighted by molar-refractivity contribution is 5.04. The van der Waals surface area contributed by atoms with Crippen LogP contribution in [0, 0.1) is 17.2 Å². The van der Waals surface area contributed by atoms with Crippen molar-refractivity contribution in [1.82, 2.24) is 10.2 Å². The van der Waals surface area contributed by atoms with E-state index in [4.69, 9.17) is 0 Å². The van der Waals surface area contributed by atoms with E-state index in [-0.39, 0.29) is 5.54 Å². The maximum Gasteiger partial charge on any atom is 0.105 e. The lowest BCUT2D eigenvalue weighted by atomic mass is 9.99. The van der Waals surface area contributed by atoms with Crippen LogP contribution in [-0.2, 0) is 0 Å². The van der Waals surface area contributed by atoms with Crippen LogP contribution < -0.4 is 5.32 Å². The van der Waals surface area contributed by atoms with Crippen molar-refractivity contribution in [3.63, 3.8) is 0 Å². The van der Waals surface area contributed by atoms with E-state index in [9.17, 15) is 5.26 Å². The molecule has 0 aromatic rings. The molecule has 1 aliphatic carbocycles. The minimum atomic E-state index is -0.354. The van der Waals surface area contributed by atoms with Gasteiger partial charge in [-0.05, 0) is 51.6 Å². The Kier molecular flexibility index (Phi) is 5.94. The van der Waals surface area contributed by atoms with Gasteiger partial charge in [-0.1, -0.05) is 13.8 Å². The fourth-order valence-electron chi connectivity index (χ4n) is 2.01. The maximum absolute atomic E-state index is 9.26. The van der Waals surface area contributed by atoms with Gasteiger partial charge < -0.3 is 4.90 Å². The molecule has 0 heterocycles. The predicted molar refractivity (Wildman–Crippen MR) is 71.8 cm³/mol. The van der Waals surface area contributed by atoms with Crippen LogP contribution in [0.3, 0.4) is 0 Å². The van der Waals surface area contributed by atoms with E-state index in [1.807, 2.05) is 6.92 Å². The molecule has 17 heavy (non-hydrogen) atoms. The third-order valence-corrected chi connectivity index (χ3v) is 3.60. The molecule has 0 amide bonds. The molecule has 1 atom stereocenters.